The number of hydrogen-bond acceptors (Lipinski definition) is 5. The van der Waals surface area contributed by atoms with Crippen molar-refractivity contribution in [3.8, 4) is 17.1 Å². The van der Waals surface area contributed by atoms with Crippen molar-refractivity contribution in [2.24, 2.45) is 0 Å². The monoisotopic (exact) mass is 415 g/mol. The highest BCUT2D eigenvalue weighted by Gasteiger charge is 2.23. The van der Waals surface area contributed by atoms with Gasteiger partial charge in [0.2, 0.25) is 0 Å². The Balaban J connectivity index is 1.86. The number of rotatable bonds is 7. The van der Waals surface area contributed by atoms with Crippen molar-refractivity contribution in [3.63, 3.8) is 0 Å². The van der Waals surface area contributed by atoms with Crippen molar-refractivity contribution in [1.82, 2.24) is 14.8 Å². The SMILES string of the molecule is COc1ccc(-c2nnc(S[C@@H](C)C(=O)c3ccc(Cl)cc3)n2C(C)C)cc1. The average molecular weight is 416 g/mol. The molecule has 28 heavy (non-hydrogen) atoms. The zero-order valence-corrected chi connectivity index (χ0v) is 17.8. The van der Waals surface area contributed by atoms with Crippen LogP contribution >= 0.6 is 23.4 Å². The van der Waals surface area contributed by atoms with Gasteiger partial charge in [-0.15, -0.1) is 10.2 Å². The maximum Gasteiger partial charge on any atom is 0.192 e. The Morgan fingerprint density at radius 3 is 2.25 bits per heavy atom. The van der Waals surface area contributed by atoms with Gasteiger partial charge in [-0.2, -0.15) is 0 Å². The van der Waals surface area contributed by atoms with Crippen LogP contribution in [0.4, 0.5) is 0 Å². The molecule has 2 aromatic carbocycles. The number of nitrogens with zero attached hydrogens (tertiary/aromatic N) is 3. The Bertz CT molecular complexity index is 953. The highest BCUT2D eigenvalue weighted by Crippen LogP contribution is 2.31. The summed E-state index contributed by atoms with van der Waals surface area (Å²) >= 11 is 7.33. The summed E-state index contributed by atoms with van der Waals surface area (Å²) in [6.07, 6.45) is 0. The lowest BCUT2D eigenvalue weighted by molar-refractivity contribution is 0.0994. The molecule has 0 N–H and O–H groups in total. The molecule has 5 nitrogen and oxygen atoms in total. The number of aromatic nitrogens is 3. The van der Waals surface area contributed by atoms with Crippen LogP contribution in [0.1, 0.15) is 37.2 Å². The number of halogens is 1. The zero-order chi connectivity index (χ0) is 20.3. The largest absolute Gasteiger partial charge is 0.497 e. The van der Waals surface area contributed by atoms with Crippen molar-refractivity contribution >= 4 is 29.1 Å². The number of Topliss-reactive ketones (excluding diaryl/α,β-unsaturated/α-hetero) is 1. The Labute approximate surface area is 174 Å². The fraction of sp³-hybridized carbons (Fsp3) is 0.286. The van der Waals surface area contributed by atoms with Crippen LogP contribution in [0.3, 0.4) is 0 Å². The first-order chi connectivity index (χ1) is 13.4. The first-order valence-corrected chi connectivity index (χ1v) is 10.2. The first-order valence-electron chi connectivity index (χ1n) is 8.96. The fourth-order valence-electron chi connectivity index (χ4n) is 2.82. The number of benzene rings is 2. The smallest absolute Gasteiger partial charge is 0.192 e. The van der Waals surface area contributed by atoms with Crippen LogP contribution in [-0.4, -0.2) is 32.9 Å². The van der Waals surface area contributed by atoms with Gasteiger partial charge >= 0.3 is 0 Å². The van der Waals surface area contributed by atoms with Crippen LogP contribution in [0.15, 0.2) is 53.7 Å². The number of carbonyl (C=O) groups is 1. The lowest BCUT2D eigenvalue weighted by Crippen LogP contribution is -2.15. The molecular formula is C21H22ClN3O2S. The van der Waals surface area contributed by atoms with E-state index in [-0.39, 0.29) is 17.1 Å². The van der Waals surface area contributed by atoms with E-state index < -0.39 is 0 Å². The molecule has 0 amide bonds. The number of hydrogen-bond donors (Lipinski definition) is 0. The van der Waals surface area contributed by atoms with E-state index in [4.69, 9.17) is 16.3 Å². The minimum atomic E-state index is -0.299. The van der Waals surface area contributed by atoms with Crippen LogP contribution < -0.4 is 4.74 Å². The van der Waals surface area contributed by atoms with E-state index >= 15 is 0 Å². The average Bonchev–Trinajstić information content (AvgIpc) is 3.11. The summed E-state index contributed by atoms with van der Waals surface area (Å²) in [5, 5.41) is 9.77. The molecule has 7 heteroatoms. The third kappa shape index (κ3) is 4.39. The second-order valence-corrected chi connectivity index (χ2v) is 8.37. The van der Waals surface area contributed by atoms with Crippen molar-refractivity contribution in [2.75, 3.05) is 7.11 Å². The molecule has 1 aromatic heterocycles. The number of methoxy groups -OCH3 is 1. The van der Waals surface area contributed by atoms with Crippen molar-refractivity contribution in [2.45, 2.75) is 37.2 Å². The second-order valence-electron chi connectivity index (χ2n) is 6.63. The van der Waals surface area contributed by atoms with E-state index in [1.165, 1.54) is 11.8 Å². The Kier molecular flexibility index (Phi) is 6.42. The van der Waals surface area contributed by atoms with Gasteiger partial charge < -0.3 is 4.74 Å². The number of ether oxygens (including phenoxy) is 1. The summed E-state index contributed by atoms with van der Waals surface area (Å²) in [6.45, 7) is 6.03. The zero-order valence-electron chi connectivity index (χ0n) is 16.2. The highest BCUT2D eigenvalue weighted by atomic mass is 35.5. The number of ketones is 1. The van der Waals surface area contributed by atoms with Gasteiger partial charge in [0.1, 0.15) is 5.75 Å². The molecule has 146 valence electrons. The number of thioether (sulfide) groups is 1. The predicted molar refractivity (Wildman–Crippen MR) is 113 cm³/mol. The van der Waals surface area contributed by atoms with Gasteiger partial charge in [0.25, 0.3) is 0 Å². The summed E-state index contributed by atoms with van der Waals surface area (Å²) < 4.78 is 7.28. The van der Waals surface area contributed by atoms with Crippen molar-refractivity contribution < 1.29 is 9.53 Å². The van der Waals surface area contributed by atoms with E-state index in [1.807, 2.05) is 31.2 Å². The maximum absolute atomic E-state index is 12.8. The van der Waals surface area contributed by atoms with Gasteiger partial charge in [0.15, 0.2) is 16.8 Å². The normalized spacial score (nSPS) is 12.2. The molecule has 0 fully saturated rings. The maximum atomic E-state index is 12.8. The summed E-state index contributed by atoms with van der Waals surface area (Å²) in [7, 11) is 1.64. The molecular weight excluding hydrogens is 394 g/mol. The van der Waals surface area contributed by atoms with Gasteiger partial charge in [-0.3, -0.25) is 9.36 Å². The van der Waals surface area contributed by atoms with Gasteiger partial charge in [0, 0.05) is 22.2 Å². The van der Waals surface area contributed by atoms with Gasteiger partial charge in [-0.1, -0.05) is 23.4 Å². The quantitative estimate of drug-likeness (QED) is 0.374. The third-order valence-corrected chi connectivity index (χ3v) is 5.62. The topological polar surface area (TPSA) is 57.0 Å². The molecule has 1 atom stereocenters. The predicted octanol–water partition coefficient (Wildman–Crippen LogP) is 5.55. The highest BCUT2D eigenvalue weighted by molar-refractivity contribution is 8.00. The van der Waals surface area contributed by atoms with E-state index in [0.717, 1.165) is 22.3 Å². The second kappa shape index (κ2) is 8.80. The molecule has 1 heterocycles. The van der Waals surface area contributed by atoms with Crippen LogP contribution in [0.25, 0.3) is 11.4 Å². The van der Waals surface area contributed by atoms with E-state index in [1.54, 1.807) is 31.4 Å². The van der Waals surface area contributed by atoms with E-state index in [0.29, 0.717) is 10.6 Å². The van der Waals surface area contributed by atoms with Crippen molar-refractivity contribution in [1.29, 1.82) is 0 Å². The van der Waals surface area contributed by atoms with Gasteiger partial charge in [-0.25, -0.2) is 0 Å². The Hall–Kier alpha value is -2.31. The minimum absolute atomic E-state index is 0.0333. The third-order valence-electron chi connectivity index (χ3n) is 4.31. The van der Waals surface area contributed by atoms with E-state index in [2.05, 4.69) is 28.6 Å². The van der Waals surface area contributed by atoms with Crippen LogP contribution in [0, 0.1) is 0 Å². The molecule has 0 unspecified atom stereocenters. The first kappa shape index (κ1) is 20.4. The van der Waals surface area contributed by atoms with Crippen LogP contribution in [-0.2, 0) is 0 Å². The molecule has 3 rings (SSSR count). The molecule has 0 aliphatic rings. The Morgan fingerprint density at radius 2 is 1.68 bits per heavy atom. The summed E-state index contributed by atoms with van der Waals surface area (Å²) in [4.78, 5) is 12.8. The lowest BCUT2D eigenvalue weighted by Gasteiger charge is -2.16. The molecule has 0 aliphatic heterocycles. The van der Waals surface area contributed by atoms with Crippen molar-refractivity contribution in [3.05, 3.63) is 59.1 Å². The van der Waals surface area contributed by atoms with E-state index in [9.17, 15) is 4.79 Å². The fourth-order valence-corrected chi connectivity index (χ4v) is 4.00. The van der Waals surface area contributed by atoms with Crippen LogP contribution in [0.2, 0.25) is 5.02 Å². The molecule has 0 radical (unpaired) electrons. The lowest BCUT2D eigenvalue weighted by atomic mass is 10.1. The molecule has 0 saturated heterocycles. The summed E-state index contributed by atoms with van der Waals surface area (Å²) in [5.41, 5.74) is 1.58. The molecule has 0 bridgehead atoms. The Morgan fingerprint density at radius 1 is 1.04 bits per heavy atom. The molecule has 0 spiro atoms. The summed E-state index contributed by atoms with van der Waals surface area (Å²) in [6, 6.07) is 14.8. The standard InChI is InChI=1S/C21H22ClN3O2S/c1-13(2)25-20(16-7-11-18(27-4)12-8-16)23-24-21(25)28-14(3)19(26)15-5-9-17(22)10-6-15/h5-14H,1-4H3/t14-/m0/s1. The molecule has 0 saturated carbocycles. The minimum Gasteiger partial charge on any atom is -0.497 e. The van der Waals surface area contributed by atoms with Crippen LogP contribution in [0.5, 0.6) is 5.75 Å². The summed E-state index contributed by atoms with van der Waals surface area (Å²) in [5.74, 6) is 1.59. The molecule has 3 aromatic rings. The molecule has 0 aliphatic carbocycles. The van der Waals surface area contributed by atoms with Gasteiger partial charge in [0.05, 0.1) is 12.4 Å². The number of carbonyl (C=O) groups excluding carboxylic acids is 1. The van der Waals surface area contributed by atoms with Gasteiger partial charge in [-0.05, 0) is 69.3 Å².